The second kappa shape index (κ2) is 5.60. The first-order valence-corrected chi connectivity index (χ1v) is 5.82. The predicted octanol–water partition coefficient (Wildman–Crippen LogP) is 3.55. The number of aromatic nitrogens is 1. The molecule has 0 amide bonds. The lowest BCUT2D eigenvalue weighted by Gasteiger charge is -2.01. The zero-order chi connectivity index (χ0) is 12.1. The highest BCUT2D eigenvalue weighted by Gasteiger charge is 2.06. The molecule has 17 heavy (non-hydrogen) atoms. The van der Waals surface area contributed by atoms with Crippen LogP contribution < -0.4 is 0 Å². The van der Waals surface area contributed by atoms with E-state index >= 15 is 0 Å². The van der Waals surface area contributed by atoms with Crippen LogP contribution in [0, 0.1) is 0 Å². The van der Waals surface area contributed by atoms with Crippen LogP contribution in [0.4, 0.5) is 0 Å². The van der Waals surface area contributed by atoms with Gasteiger partial charge in [-0.2, -0.15) is 0 Å². The van der Waals surface area contributed by atoms with E-state index in [1.54, 1.807) is 12.1 Å². The molecule has 1 aromatic heterocycles. The third kappa shape index (κ3) is 3.40. The fourth-order valence-electron chi connectivity index (χ4n) is 1.59. The Morgan fingerprint density at radius 2 is 1.88 bits per heavy atom. The van der Waals surface area contributed by atoms with Crippen LogP contribution in [-0.2, 0) is 6.42 Å². The molecule has 2 rings (SSSR count). The van der Waals surface area contributed by atoms with Crippen LogP contribution >= 0.6 is 11.6 Å². The topological polar surface area (TPSA) is 30.0 Å². The highest BCUT2D eigenvalue weighted by atomic mass is 35.5. The Morgan fingerprint density at radius 1 is 1.12 bits per heavy atom. The van der Waals surface area contributed by atoms with E-state index in [1.807, 2.05) is 30.3 Å². The van der Waals surface area contributed by atoms with E-state index in [1.165, 1.54) is 11.8 Å². The quantitative estimate of drug-likeness (QED) is 0.609. The number of pyridine rings is 1. The Balaban J connectivity index is 1.96. The average Bonchev–Trinajstić information content (AvgIpc) is 2.38. The molecule has 86 valence electrons. The highest BCUT2D eigenvalue weighted by Crippen LogP contribution is 2.10. The number of aryl methyl sites for hydroxylation is 1. The number of rotatable bonds is 4. The Morgan fingerprint density at radius 3 is 2.53 bits per heavy atom. The monoisotopic (exact) mass is 245 g/mol. The molecule has 0 unspecified atom stereocenters. The molecular weight excluding hydrogens is 234 g/mol. The summed E-state index contributed by atoms with van der Waals surface area (Å²) in [5, 5.41) is 0.407. The van der Waals surface area contributed by atoms with Crippen molar-refractivity contribution in [2.45, 2.75) is 12.8 Å². The molecule has 0 N–H and O–H groups in total. The normalized spacial score (nSPS) is 10.2. The van der Waals surface area contributed by atoms with Crippen molar-refractivity contribution in [2.75, 3.05) is 0 Å². The maximum Gasteiger partial charge on any atom is 0.164 e. The molecule has 0 saturated heterocycles. The van der Waals surface area contributed by atoms with E-state index in [2.05, 4.69) is 4.98 Å². The van der Waals surface area contributed by atoms with Gasteiger partial charge in [-0.3, -0.25) is 4.79 Å². The SMILES string of the molecule is O=C(CCc1ccccc1)c1ccc(Cl)nc1. The maximum absolute atomic E-state index is 11.8. The van der Waals surface area contributed by atoms with Crippen molar-refractivity contribution in [1.29, 1.82) is 0 Å². The van der Waals surface area contributed by atoms with Gasteiger partial charge in [0.25, 0.3) is 0 Å². The van der Waals surface area contributed by atoms with Gasteiger partial charge in [0.15, 0.2) is 5.78 Å². The number of halogens is 1. The average molecular weight is 246 g/mol. The molecule has 0 radical (unpaired) electrons. The standard InChI is InChI=1S/C14H12ClNO/c15-14-9-7-12(10-16-14)13(17)8-6-11-4-2-1-3-5-11/h1-5,7,9-10H,6,8H2. The minimum atomic E-state index is 0.0954. The van der Waals surface area contributed by atoms with Gasteiger partial charge in [-0.25, -0.2) is 4.98 Å². The van der Waals surface area contributed by atoms with E-state index in [-0.39, 0.29) is 5.78 Å². The summed E-state index contributed by atoms with van der Waals surface area (Å²) in [6, 6.07) is 13.3. The van der Waals surface area contributed by atoms with Crippen molar-refractivity contribution >= 4 is 17.4 Å². The number of hydrogen-bond donors (Lipinski definition) is 0. The summed E-state index contributed by atoms with van der Waals surface area (Å²) >= 11 is 5.67. The van der Waals surface area contributed by atoms with Crippen LogP contribution in [0.1, 0.15) is 22.3 Å². The van der Waals surface area contributed by atoms with Crippen LogP contribution in [-0.4, -0.2) is 10.8 Å². The van der Waals surface area contributed by atoms with Crippen LogP contribution in [0.15, 0.2) is 48.7 Å². The molecule has 0 spiro atoms. The zero-order valence-electron chi connectivity index (χ0n) is 9.27. The molecular formula is C14H12ClNO. The molecule has 0 fully saturated rings. The lowest BCUT2D eigenvalue weighted by atomic mass is 10.0. The maximum atomic E-state index is 11.8. The number of hydrogen-bond acceptors (Lipinski definition) is 2. The van der Waals surface area contributed by atoms with Gasteiger partial charge in [0.2, 0.25) is 0 Å². The summed E-state index contributed by atoms with van der Waals surface area (Å²) in [5.41, 5.74) is 1.79. The van der Waals surface area contributed by atoms with Gasteiger partial charge < -0.3 is 0 Å². The summed E-state index contributed by atoms with van der Waals surface area (Å²) in [5.74, 6) is 0.0954. The van der Waals surface area contributed by atoms with Crippen molar-refractivity contribution in [3.05, 3.63) is 64.9 Å². The molecule has 0 bridgehead atoms. The molecule has 1 heterocycles. The first-order valence-electron chi connectivity index (χ1n) is 5.44. The van der Waals surface area contributed by atoms with Crippen molar-refractivity contribution in [3.8, 4) is 0 Å². The Hall–Kier alpha value is -1.67. The third-order valence-corrected chi connectivity index (χ3v) is 2.76. The van der Waals surface area contributed by atoms with E-state index in [9.17, 15) is 4.79 Å². The van der Waals surface area contributed by atoms with Gasteiger partial charge in [0.1, 0.15) is 5.15 Å². The third-order valence-electron chi connectivity index (χ3n) is 2.53. The minimum absolute atomic E-state index is 0.0954. The van der Waals surface area contributed by atoms with Gasteiger partial charge in [0.05, 0.1) is 0 Å². The zero-order valence-corrected chi connectivity index (χ0v) is 10.0. The first kappa shape index (κ1) is 11.8. The number of Topliss-reactive ketones (excluding diaryl/α,β-unsaturated/α-hetero) is 1. The van der Waals surface area contributed by atoms with Crippen molar-refractivity contribution in [1.82, 2.24) is 4.98 Å². The number of ketones is 1. The van der Waals surface area contributed by atoms with Crippen molar-refractivity contribution < 1.29 is 4.79 Å². The number of carbonyl (C=O) groups excluding carboxylic acids is 1. The second-order valence-electron chi connectivity index (χ2n) is 3.78. The summed E-state index contributed by atoms with van der Waals surface area (Å²) in [6.07, 6.45) is 2.77. The number of benzene rings is 1. The first-order chi connectivity index (χ1) is 8.25. The van der Waals surface area contributed by atoms with Crippen LogP contribution in [0.2, 0.25) is 5.15 Å². The fourth-order valence-corrected chi connectivity index (χ4v) is 1.70. The van der Waals surface area contributed by atoms with Crippen LogP contribution in [0.5, 0.6) is 0 Å². The summed E-state index contributed by atoms with van der Waals surface area (Å²) < 4.78 is 0. The molecule has 0 saturated carbocycles. The van der Waals surface area contributed by atoms with Gasteiger partial charge >= 0.3 is 0 Å². The van der Waals surface area contributed by atoms with Gasteiger partial charge in [-0.1, -0.05) is 41.9 Å². The number of carbonyl (C=O) groups is 1. The molecule has 3 heteroatoms. The van der Waals surface area contributed by atoms with E-state index in [0.29, 0.717) is 17.1 Å². The Labute approximate surface area is 105 Å². The van der Waals surface area contributed by atoms with Crippen molar-refractivity contribution in [2.24, 2.45) is 0 Å². The Kier molecular flexibility index (Phi) is 3.89. The summed E-state index contributed by atoms with van der Waals surface area (Å²) in [7, 11) is 0. The largest absolute Gasteiger partial charge is 0.294 e. The van der Waals surface area contributed by atoms with E-state index < -0.39 is 0 Å². The second-order valence-corrected chi connectivity index (χ2v) is 4.17. The molecule has 2 aromatic rings. The highest BCUT2D eigenvalue weighted by molar-refractivity contribution is 6.29. The number of nitrogens with zero attached hydrogens (tertiary/aromatic N) is 1. The Bertz CT molecular complexity index is 493. The van der Waals surface area contributed by atoms with Crippen molar-refractivity contribution in [3.63, 3.8) is 0 Å². The van der Waals surface area contributed by atoms with Gasteiger partial charge in [-0.15, -0.1) is 0 Å². The molecule has 0 aliphatic carbocycles. The minimum Gasteiger partial charge on any atom is -0.294 e. The van der Waals surface area contributed by atoms with Crippen LogP contribution in [0.25, 0.3) is 0 Å². The van der Waals surface area contributed by atoms with E-state index in [0.717, 1.165) is 6.42 Å². The molecule has 0 aliphatic heterocycles. The molecule has 2 nitrogen and oxygen atoms in total. The van der Waals surface area contributed by atoms with Gasteiger partial charge in [0, 0.05) is 18.2 Å². The smallest absolute Gasteiger partial charge is 0.164 e. The molecule has 1 aromatic carbocycles. The lowest BCUT2D eigenvalue weighted by molar-refractivity contribution is 0.0982. The summed E-state index contributed by atoms with van der Waals surface area (Å²) in [6.45, 7) is 0. The van der Waals surface area contributed by atoms with E-state index in [4.69, 9.17) is 11.6 Å². The summed E-state index contributed by atoms with van der Waals surface area (Å²) in [4.78, 5) is 15.7. The predicted molar refractivity (Wildman–Crippen MR) is 68.3 cm³/mol. The lowest BCUT2D eigenvalue weighted by Crippen LogP contribution is -2.01. The molecule has 0 atom stereocenters. The van der Waals surface area contributed by atoms with Gasteiger partial charge in [-0.05, 0) is 24.1 Å². The molecule has 0 aliphatic rings. The van der Waals surface area contributed by atoms with Crippen LogP contribution in [0.3, 0.4) is 0 Å². The fraction of sp³-hybridized carbons (Fsp3) is 0.143.